The molecule has 0 N–H and O–H groups in total. The molecule has 0 radical (unpaired) electrons. The minimum atomic E-state index is -0.429. The molecule has 0 bridgehead atoms. The highest BCUT2D eigenvalue weighted by Crippen LogP contribution is 2.47. The van der Waals surface area contributed by atoms with E-state index in [1.54, 1.807) is 6.08 Å². The van der Waals surface area contributed by atoms with Gasteiger partial charge in [0.25, 0.3) is 0 Å². The number of likely N-dealkylation sites (N-methyl/N-ethyl adjacent to an activating group) is 1. The zero-order chi connectivity index (χ0) is 15.4. The minimum Gasteiger partial charge on any atom is -0.468 e. The summed E-state index contributed by atoms with van der Waals surface area (Å²) in [5.41, 5.74) is 0. The maximum atomic E-state index is 12.0. The van der Waals surface area contributed by atoms with E-state index < -0.39 is 5.97 Å². The van der Waals surface area contributed by atoms with Gasteiger partial charge in [-0.15, -0.1) is 0 Å². The number of nitrogens with zero attached hydrogens (tertiary/aromatic N) is 1. The molecule has 1 saturated carbocycles. The number of amides is 1. The maximum absolute atomic E-state index is 12.0. The molecule has 2 atom stereocenters. The molecule has 5 nitrogen and oxygen atoms in total. The van der Waals surface area contributed by atoms with E-state index in [1.807, 2.05) is 19.1 Å². The van der Waals surface area contributed by atoms with Crippen molar-refractivity contribution in [3.05, 3.63) is 29.7 Å². The third kappa shape index (κ3) is 3.97. The molecule has 0 aromatic carbocycles. The zero-order valence-electron chi connectivity index (χ0n) is 12.7. The molecule has 0 spiro atoms. The van der Waals surface area contributed by atoms with E-state index in [0.29, 0.717) is 24.1 Å². The highest BCUT2D eigenvalue weighted by molar-refractivity contribution is 5.93. The lowest BCUT2D eigenvalue weighted by molar-refractivity contribution is -0.145. The summed E-state index contributed by atoms with van der Waals surface area (Å²) in [6.45, 7) is 4.41. The first-order valence-electron chi connectivity index (χ1n) is 7.18. The Morgan fingerprint density at radius 1 is 1.48 bits per heavy atom. The van der Waals surface area contributed by atoms with Crippen LogP contribution in [0.3, 0.4) is 0 Å². The van der Waals surface area contributed by atoms with Gasteiger partial charge in [0, 0.05) is 18.5 Å². The fourth-order valence-corrected chi connectivity index (χ4v) is 2.20. The molecule has 2 unspecified atom stereocenters. The van der Waals surface area contributed by atoms with Crippen LogP contribution in [0, 0.1) is 5.92 Å². The van der Waals surface area contributed by atoms with E-state index in [9.17, 15) is 9.59 Å². The predicted octanol–water partition coefficient (Wildman–Crippen LogP) is 2.44. The fraction of sp³-hybridized carbons (Fsp3) is 0.500. The zero-order valence-corrected chi connectivity index (χ0v) is 12.7. The monoisotopic (exact) mass is 291 g/mol. The van der Waals surface area contributed by atoms with Gasteiger partial charge >= 0.3 is 5.97 Å². The topological polar surface area (TPSA) is 59.8 Å². The third-order valence-electron chi connectivity index (χ3n) is 3.75. The number of rotatable bonds is 6. The standard InChI is InChI=1S/C16H21NO4/c1-4-17(10-16(19)20-3)15(18)8-6-12-5-7-14(21-12)13-9-11(13)2/h5-8,11,13H,4,9-10H2,1-3H3. The smallest absolute Gasteiger partial charge is 0.325 e. The van der Waals surface area contributed by atoms with Crippen LogP contribution in [0.15, 0.2) is 22.6 Å². The van der Waals surface area contributed by atoms with Crippen LogP contribution in [0.5, 0.6) is 0 Å². The molecule has 114 valence electrons. The Kier molecular flexibility index (Phi) is 4.83. The largest absolute Gasteiger partial charge is 0.468 e. The van der Waals surface area contributed by atoms with Crippen LogP contribution in [0.4, 0.5) is 0 Å². The summed E-state index contributed by atoms with van der Waals surface area (Å²) < 4.78 is 10.3. The number of carbonyl (C=O) groups excluding carboxylic acids is 2. The van der Waals surface area contributed by atoms with E-state index in [2.05, 4.69) is 11.7 Å². The summed E-state index contributed by atoms with van der Waals surface area (Å²) >= 11 is 0. The van der Waals surface area contributed by atoms with Gasteiger partial charge in [-0.1, -0.05) is 6.92 Å². The van der Waals surface area contributed by atoms with E-state index in [-0.39, 0.29) is 12.5 Å². The second-order valence-corrected chi connectivity index (χ2v) is 5.32. The van der Waals surface area contributed by atoms with Crippen molar-refractivity contribution in [2.45, 2.75) is 26.2 Å². The number of methoxy groups -OCH3 is 1. The van der Waals surface area contributed by atoms with Crippen LogP contribution >= 0.6 is 0 Å². The molecule has 21 heavy (non-hydrogen) atoms. The van der Waals surface area contributed by atoms with E-state index >= 15 is 0 Å². The lowest BCUT2D eigenvalue weighted by atomic mass is 10.3. The van der Waals surface area contributed by atoms with Gasteiger partial charge in [-0.3, -0.25) is 9.59 Å². The van der Waals surface area contributed by atoms with Gasteiger partial charge in [0.2, 0.25) is 5.91 Å². The average Bonchev–Trinajstić information content (AvgIpc) is 3.03. The summed E-state index contributed by atoms with van der Waals surface area (Å²) in [5, 5.41) is 0. The SMILES string of the molecule is CCN(CC(=O)OC)C(=O)C=Cc1ccc(C2CC2C)o1. The second-order valence-electron chi connectivity index (χ2n) is 5.32. The van der Waals surface area contributed by atoms with Gasteiger partial charge in [0.1, 0.15) is 18.1 Å². The van der Waals surface area contributed by atoms with Crippen LogP contribution in [0.25, 0.3) is 6.08 Å². The van der Waals surface area contributed by atoms with E-state index in [0.717, 1.165) is 5.76 Å². The number of hydrogen-bond acceptors (Lipinski definition) is 4. The molecule has 1 fully saturated rings. The Balaban J connectivity index is 1.94. The first-order valence-corrected chi connectivity index (χ1v) is 7.18. The summed E-state index contributed by atoms with van der Waals surface area (Å²) in [6.07, 6.45) is 4.22. The van der Waals surface area contributed by atoms with Crippen molar-refractivity contribution in [3.8, 4) is 0 Å². The average molecular weight is 291 g/mol. The first kappa shape index (κ1) is 15.4. The van der Waals surface area contributed by atoms with Gasteiger partial charge < -0.3 is 14.1 Å². The van der Waals surface area contributed by atoms with Gasteiger partial charge in [-0.05, 0) is 37.5 Å². The number of hydrogen-bond donors (Lipinski definition) is 0. The Hall–Kier alpha value is -2.04. The van der Waals surface area contributed by atoms with Crippen molar-refractivity contribution in [2.24, 2.45) is 5.92 Å². The number of furan rings is 1. The Bertz CT molecular complexity index is 546. The van der Waals surface area contributed by atoms with Crippen LogP contribution in [0.1, 0.15) is 37.7 Å². The summed E-state index contributed by atoms with van der Waals surface area (Å²) in [6, 6.07) is 3.82. The van der Waals surface area contributed by atoms with Crippen LogP contribution in [-0.2, 0) is 14.3 Å². The molecule has 5 heteroatoms. The summed E-state index contributed by atoms with van der Waals surface area (Å²) in [4.78, 5) is 24.6. The van der Waals surface area contributed by atoms with Crippen molar-refractivity contribution in [3.63, 3.8) is 0 Å². The lowest BCUT2D eigenvalue weighted by Crippen LogP contribution is -2.34. The van der Waals surface area contributed by atoms with Gasteiger partial charge in [-0.2, -0.15) is 0 Å². The molecule has 1 aromatic rings. The number of carbonyl (C=O) groups is 2. The molecule has 1 heterocycles. The van der Waals surface area contributed by atoms with Gasteiger partial charge in [0.05, 0.1) is 7.11 Å². The minimum absolute atomic E-state index is 0.0425. The predicted molar refractivity (Wildman–Crippen MR) is 78.5 cm³/mol. The molecule has 1 aliphatic carbocycles. The Morgan fingerprint density at radius 2 is 2.19 bits per heavy atom. The van der Waals surface area contributed by atoms with Crippen LogP contribution in [-0.4, -0.2) is 37.0 Å². The molecule has 1 aromatic heterocycles. The molecule has 1 amide bonds. The molecule has 0 aliphatic heterocycles. The lowest BCUT2D eigenvalue weighted by Gasteiger charge is -2.16. The number of ether oxygens (including phenoxy) is 1. The molecular weight excluding hydrogens is 270 g/mol. The normalized spacial score (nSPS) is 20.5. The van der Waals surface area contributed by atoms with E-state index in [4.69, 9.17) is 4.42 Å². The molecule has 2 rings (SSSR count). The highest BCUT2D eigenvalue weighted by atomic mass is 16.5. The second kappa shape index (κ2) is 6.61. The first-order chi connectivity index (χ1) is 10.0. The Morgan fingerprint density at radius 3 is 2.76 bits per heavy atom. The van der Waals surface area contributed by atoms with Crippen molar-refractivity contribution in [2.75, 3.05) is 20.2 Å². The van der Waals surface area contributed by atoms with E-state index in [1.165, 1.54) is 24.5 Å². The fourth-order valence-electron chi connectivity index (χ4n) is 2.20. The van der Waals surface area contributed by atoms with Crippen LogP contribution in [0.2, 0.25) is 0 Å². The molecule has 1 aliphatic rings. The van der Waals surface area contributed by atoms with Gasteiger partial charge in [-0.25, -0.2) is 0 Å². The molecular formula is C16H21NO4. The number of esters is 1. The maximum Gasteiger partial charge on any atom is 0.325 e. The molecule has 0 saturated heterocycles. The van der Waals surface area contributed by atoms with Crippen molar-refractivity contribution >= 4 is 18.0 Å². The quantitative estimate of drug-likeness (QED) is 0.596. The summed E-state index contributed by atoms with van der Waals surface area (Å²) in [5.74, 6) is 2.19. The van der Waals surface area contributed by atoms with Crippen molar-refractivity contribution in [1.82, 2.24) is 4.90 Å². The van der Waals surface area contributed by atoms with Crippen LogP contribution < -0.4 is 0 Å². The summed E-state index contributed by atoms with van der Waals surface area (Å²) in [7, 11) is 1.31. The highest BCUT2D eigenvalue weighted by Gasteiger charge is 2.36. The van der Waals surface area contributed by atoms with Crippen molar-refractivity contribution in [1.29, 1.82) is 0 Å². The third-order valence-corrected chi connectivity index (χ3v) is 3.75. The van der Waals surface area contributed by atoms with Crippen molar-refractivity contribution < 1.29 is 18.7 Å². The Labute approximate surface area is 124 Å². The van der Waals surface area contributed by atoms with Gasteiger partial charge in [0.15, 0.2) is 0 Å².